The summed E-state index contributed by atoms with van der Waals surface area (Å²) in [4.78, 5) is 24.4. The number of carbonyl (C=O) groups excluding carboxylic acids is 2. The number of urea groups is 1. The van der Waals surface area contributed by atoms with E-state index in [1.807, 2.05) is 0 Å². The molecule has 9 heteroatoms. The fourth-order valence-electron chi connectivity index (χ4n) is 2.05. The number of nitrogens with one attached hydrogen (secondary N) is 2. The van der Waals surface area contributed by atoms with E-state index in [-0.39, 0.29) is 12.4 Å². The highest BCUT2D eigenvalue weighted by molar-refractivity contribution is 9.11. The maximum Gasteiger partial charge on any atom is 0.341 e. The number of thiophene rings is 1. The molecule has 0 fully saturated rings. The van der Waals surface area contributed by atoms with Crippen LogP contribution in [0.3, 0.4) is 0 Å². The van der Waals surface area contributed by atoms with E-state index in [9.17, 15) is 14.0 Å². The Morgan fingerprint density at radius 1 is 1.32 bits per heavy atom. The Kier molecular flexibility index (Phi) is 6.38. The van der Waals surface area contributed by atoms with E-state index < -0.39 is 17.8 Å². The van der Waals surface area contributed by atoms with Gasteiger partial charge in [-0.25, -0.2) is 14.0 Å². The van der Waals surface area contributed by atoms with Crippen LogP contribution < -0.4 is 15.4 Å². The van der Waals surface area contributed by atoms with Gasteiger partial charge >= 0.3 is 12.0 Å². The number of amides is 2. The minimum absolute atomic E-state index is 0.185. The van der Waals surface area contributed by atoms with Crippen LogP contribution in [0.5, 0.6) is 5.75 Å². The second-order valence-electron chi connectivity index (χ2n) is 4.85. The molecule has 0 spiro atoms. The largest absolute Gasteiger partial charge is 0.494 e. The third-order valence-electron chi connectivity index (χ3n) is 3.21. The Morgan fingerprint density at radius 3 is 2.68 bits per heavy atom. The first-order chi connectivity index (χ1) is 11.9. The molecule has 2 aromatic rings. The van der Waals surface area contributed by atoms with Gasteiger partial charge in [-0.3, -0.25) is 5.32 Å². The van der Waals surface area contributed by atoms with Gasteiger partial charge in [0.25, 0.3) is 0 Å². The van der Waals surface area contributed by atoms with Gasteiger partial charge in [0, 0.05) is 6.07 Å². The predicted molar refractivity (Wildman–Crippen MR) is 98.3 cm³/mol. The lowest BCUT2D eigenvalue weighted by Crippen LogP contribution is -2.21. The number of rotatable bonds is 5. The summed E-state index contributed by atoms with van der Waals surface area (Å²) in [7, 11) is 1.37. The van der Waals surface area contributed by atoms with Crippen molar-refractivity contribution in [2.45, 2.75) is 13.8 Å². The van der Waals surface area contributed by atoms with Crippen LogP contribution in [0.1, 0.15) is 22.8 Å². The Labute approximate surface area is 156 Å². The molecule has 0 atom stereocenters. The first-order valence-corrected chi connectivity index (χ1v) is 8.85. The number of ether oxygens (including phenoxy) is 2. The Balaban J connectivity index is 2.21. The van der Waals surface area contributed by atoms with Gasteiger partial charge in [0.15, 0.2) is 0 Å². The molecular weight excluding hydrogens is 415 g/mol. The van der Waals surface area contributed by atoms with Crippen LogP contribution in [0.4, 0.5) is 19.9 Å². The fraction of sp³-hybridized carbons (Fsp3) is 0.250. The molecule has 1 aromatic carbocycles. The van der Waals surface area contributed by atoms with E-state index in [1.54, 1.807) is 13.8 Å². The van der Waals surface area contributed by atoms with E-state index in [4.69, 9.17) is 9.47 Å². The summed E-state index contributed by atoms with van der Waals surface area (Å²) in [6.45, 7) is 3.68. The first kappa shape index (κ1) is 19.2. The van der Waals surface area contributed by atoms with Crippen molar-refractivity contribution in [2.24, 2.45) is 0 Å². The molecule has 2 N–H and O–H groups in total. The number of hydrogen-bond donors (Lipinski definition) is 2. The van der Waals surface area contributed by atoms with Crippen LogP contribution in [-0.2, 0) is 4.74 Å². The number of carbonyl (C=O) groups is 2. The maximum atomic E-state index is 13.2. The second kappa shape index (κ2) is 8.30. The predicted octanol–water partition coefficient (Wildman–Crippen LogP) is 4.79. The molecule has 1 aromatic heterocycles. The van der Waals surface area contributed by atoms with Gasteiger partial charge in [0.2, 0.25) is 0 Å². The molecule has 0 saturated carbocycles. The number of benzene rings is 1. The van der Waals surface area contributed by atoms with Crippen LogP contribution in [0.2, 0.25) is 0 Å². The van der Waals surface area contributed by atoms with Crippen molar-refractivity contribution >= 4 is 50.0 Å². The van der Waals surface area contributed by atoms with Crippen molar-refractivity contribution in [3.8, 4) is 5.75 Å². The average Bonchev–Trinajstić information content (AvgIpc) is 2.83. The second-order valence-corrected chi connectivity index (χ2v) is 7.19. The van der Waals surface area contributed by atoms with E-state index in [2.05, 4.69) is 26.6 Å². The summed E-state index contributed by atoms with van der Waals surface area (Å²) in [5.41, 5.74) is 1.27. The molecule has 0 radical (unpaired) electrons. The maximum absolute atomic E-state index is 13.2. The lowest BCUT2D eigenvalue weighted by atomic mass is 10.2. The zero-order valence-electron chi connectivity index (χ0n) is 13.7. The molecule has 2 rings (SSSR count). The van der Waals surface area contributed by atoms with Gasteiger partial charge < -0.3 is 14.8 Å². The van der Waals surface area contributed by atoms with Gasteiger partial charge in [-0.05, 0) is 47.5 Å². The number of hydrogen-bond acceptors (Lipinski definition) is 5. The van der Waals surface area contributed by atoms with Gasteiger partial charge in [-0.15, -0.1) is 11.3 Å². The molecule has 0 unspecified atom stereocenters. The van der Waals surface area contributed by atoms with Crippen molar-refractivity contribution in [3.05, 3.63) is 38.9 Å². The SMILES string of the molecule is CCOC(=O)c1c(NC(=O)Nc2ccc(F)cc2OC)sc(Br)c1C. The molecule has 0 saturated heterocycles. The van der Waals surface area contributed by atoms with Crippen LogP contribution in [0.25, 0.3) is 0 Å². The highest BCUT2D eigenvalue weighted by Crippen LogP contribution is 2.37. The summed E-state index contributed by atoms with van der Waals surface area (Å²) in [6, 6.07) is 3.15. The smallest absolute Gasteiger partial charge is 0.341 e. The molecule has 1 heterocycles. The molecule has 25 heavy (non-hydrogen) atoms. The lowest BCUT2D eigenvalue weighted by molar-refractivity contribution is 0.0527. The minimum Gasteiger partial charge on any atom is -0.494 e. The van der Waals surface area contributed by atoms with E-state index >= 15 is 0 Å². The Bertz CT molecular complexity index is 810. The van der Waals surface area contributed by atoms with Crippen molar-refractivity contribution < 1.29 is 23.5 Å². The zero-order valence-corrected chi connectivity index (χ0v) is 16.1. The molecule has 134 valence electrons. The standard InChI is InChI=1S/C16H16BrFN2O4S/c1-4-24-15(21)12-8(2)13(17)25-14(12)20-16(22)19-10-6-5-9(18)7-11(10)23-3/h5-7H,4H2,1-3H3,(H2,19,20,22). The molecule has 0 aliphatic heterocycles. The molecule has 2 amide bonds. The Morgan fingerprint density at radius 2 is 2.04 bits per heavy atom. The highest BCUT2D eigenvalue weighted by atomic mass is 79.9. The first-order valence-electron chi connectivity index (χ1n) is 7.24. The van der Waals surface area contributed by atoms with E-state index in [1.165, 1.54) is 30.6 Å². The van der Waals surface area contributed by atoms with Gasteiger partial charge in [0.05, 0.1) is 28.8 Å². The zero-order chi connectivity index (χ0) is 18.6. The van der Waals surface area contributed by atoms with Gasteiger partial charge in [-0.2, -0.15) is 0 Å². The quantitative estimate of drug-likeness (QED) is 0.668. The van der Waals surface area contributed by atoms with E-state index in [0.29, 0.717) is 25.6 Å². The normalized spacial score (nSPS) is 10.3. The lowest BCUT2D eigenvalue weighted by Gasteiger charge is -2.11. The third kappa shape index (κ3) is 4.49. The molecule has 0 aliphatic rings. The number of esters is 1. The van der Waals surface area contributed by atoms with Crippen LogP contribution >= 0.6 is 27.3 Å². The molecule has 0 aliphatic carbocycles. The monoisotopic (exact) mass is 430 g/mol. The van der Waals surface area contributed by atoms with Gasteiger partial charge in [0.1, 0.15) is 16.6 Å². The van der Waals surface area contributed by atoms with Crippen molar-refractivity contribution in [1.29, 1.82) is 0 Å². The third-order valence-corrected chi connectivity index (χ3v) is 5.28. The Hall–Kier alpha value is -2.13. The van der Waals surface area contributed by atoms with Gasteiger partial charge in [-0.1, -0.05) is 0 Å². The van der Waals surface area contributed by atoms with Crippen molar-refractivity contribution in [2.75, 3.05) is 24.4 Å². The van der Waals surface area contributed by atoms with Crippen molar-refractivity contribution in [1.82, 2.24) is 0 Å². The summed E-state index contributed by atoms with van der Waals surface area (Å²) in [6.07, 6.45) is 0. The summed E-state index contributed by atoms with van der Waals surface area (Å²) < 4.78 is 24.0. The molecule has 0 bridgehead atoms. The topological polar surface area (TPSA) is 76.7 Å². The number of anilines is 2. The highest BCUT2D eigenvalue weighted by Gasteiger charge is 2.23. The summed E-state index contributed by atoms with van der Waals surface area (Å²) >= 11 is 4.55. The van der Waals surface area contributed by atoms with E-state index in [0.717, 1.165) is 6.07 Å². The molecule has 6 nitrogen and oxygen atoms in total. The van der Waals surface area contributed by atoms with Crippen molar-refractivity contribution in [3.63, 3.8) is 0 Å². The molecular formula is C16H16BrFN2O4S. The number of methoxy groups -OCH3 is 1. The van der Waals surface area contributed by atoms with Crippen LogP contribution in [0.15, 0.2) is 22.0 Å². The van der Waals surface area contributed by atoms with Crippen LogP contribution in [-0.4, -0.2) is 25.7 Å². The minimum atomic E-state index is -0.593. The van der Waals surface area contributed by atoms with Crippen LogP contribution in [0, 0.1) is 12.7 Å². The number of halogens is 2. The average molecular weight is 431 g/mol. The summed E-state index contributed by atoms with van der Waals surface area (Å²) in [5, 5.41) is 5.52. The summed E-state index contributed by atoms with van der Waals surface area (Å²) in [5.74, 6) is -0.814. The fourth-order valence-corrected chi connectivity index (χ4v) is 3.65.